The average molecular weight is 354 g/mol. The molecule has 2 aliphatic heterocycles. The molecule has 3 heterocycles. The predicted molar refractivity (Wildman–Crippen MR) is 95.8 cm³/mol. The number of ether oxygens (including phenoxy) is 2. The number of nitrogens with zero attached hydrogens (tertiary/aromatic N) is 4. The quantitative estimate of drug-likeness (QED) is 0.793. The lowest BCUT2D eigenvalue weighted by molar-refractivity contribution is -0.129. The number of carbonyl (C=O) groups excluding carboxylic acids is 1. The van der Waals surface area contributed by atoms with Crippen molar-refractivity contribution in [2.45, 2.75) is 39.3 Å². The van der Waals surface area contributed by atoms with E-state index in [2.05, 4.69) is 28.6 Å². The van der Waals surface area contributed by atoms with E-state index in [1.54, 1.807) is 12.2 Å². The Labute approximate surface area is 152 Å². The third kappa shape index (κ3) is 2.83. The number of aromatic nitrogens is 3. The van der Waals surface area contributed by atoms with Crippen molar-refractivity contribution in [1.29, 1.82) is 0 Å². The fraction of sp³-hybridized carbons (Fsp3) is 0.421. The summed E-state index contributed by atoms with van der Waals surface area (Å²) in [5, 5.41) is 8.61. The van der Waals surface area contributed by atoms with Gasteiger partial charge in [0.05, 0.1) is 6.04 Å². The van der Waals surface area contributed by atoms with Crippen LogP contribution in [0.1, 0.15) is 49.9 Å². The molecule has 1 aromatic heterocycles. The zero-order valence-electron chi connectivity index (χ0n) is 15.2. The number of hydrogen-bond donors (Lipinski definition) is 0. The molecule has 0 bridgehead atoms. The van der Waals surface area contributed by atoms with Crippen LogP contribution in [0, 0.1) is 0 Å². The van der Waals surface area contributed by atoms with Gasteiger partial charge < -0.3 is 18.9 Å². The van der Waals surface area contributed by atoms with Crippen LogP contribution in [0.4, 0.5) is 0 Å². The number of rotatable bonds is 3. The van der Waals surface area contributed by atoms with E-state index in [4.69, 9.17) is 9.47 Å². The third-order valence-electron chi connectivity index (χ3n) is 4.83. The van der Waals surface area contributed by atoms with Gasteiger partial charge in [0.15, 0.2) is 17.3 Å². The average Bonchev–Trinajstić information content (AvgIpc) is 3.26. The van der Waals surface area contributed by atoms with Crippen LogP contribution >= 0.6 is 0 Å². The van der Waals surface area contributed by atoms with Crippen molar-refractivity contribution in [1.82, 2.24) is 19.7 Å². The first kappa shape index (κ1) is 16.6. The molecule has 1 unspecified atom stereocenters. The van der Waals surface area contributed by atoms with E-state index >= 15 is 0 Å². The second-order valence-corrected chi connectivity index (χ2v) is 6.88. The Hall–Kier alpha value is -2.83. The lowest BCUT2D eigenvalue weighted by Crippen LogP contribution is -2.40. The van der Waals surface area contributed by atoms with Crippen molar-refractivity contribution >= 4 is 12.0 Å². The summed E-state index contributed by atoms with van der Waals surface area (Å²) in [6.07, 6.45) is 3.40. The molecule has 26 heavy (non-hydrogen) atoms. The lowest BCUT2D eigenvalue weighted by Gasteiger charge is -2.33. The Balaban J connectivity index is 1.50. The Kier molecular flexibility index (Phi) is 4.14. The van der Waals surface area contributed by atoms with Crippen molar-refractivity contribution < 1.29 is 14.3 Å². The summed E-state index contributed by atoms with van der Waals surface area (Å²) in [5.74, 6) is 3.56. The van der Waals surface area contributed by atoms with Gasteiger partial charge in [-0.15, -0.1) is 10.2 Å². The van der Waals surface area contributed by atoms with Crippen molar-refractivity contribution in [2.75, 3.05) is 13.3 Å². The molecule has 2 aromatic rings. The van der Waals surface area contributed by atoms with Crippen LogP contribution in [0.3, 0.4) is 0 Å². The van der Waals surface area contributed by atoms with E-state index in [0.29, 0.717) is 18.2 Å². The number of amides is 1. The van der Waals surface area contributed by atoms with Gasteiger partial charge >= 0.3 is 0 Å². The minimum Gasteiger partial charge on any atom is -0.454 e. The lowest BCUT2D eigenvalue weighted by atomic mass is 10.1. The molecule has 0 aliphatic carbocycles. The number of carbonyl (C=O) groups is 1. The zero-order chi connectivity index (χ0) is 18.3. The SMILES string of the molecule is CC(C)c1nnc2n1CCN(C(=O)/C=C/c1ccc3c(c1)OCO3)C2C. The third-order valence-corrected chi connectivity index (χ3v) is 4.83. The highest BCUT2D eigenvalue weighted by Gasteiger charge is 2.30. The molecule has 1 atom stereocenters. The summed E-state index contributed by atoms with van der Waals surface area (Å²) in [6.45, 7) is 7.82. The fourth-order valence-corrected chi connectivity index (χ4v) is 3.41. The van der Waals surface area contributed by atoms with Crippen LogP contribution in [0.5, 0.6) is 11.5 Å². The Morgan fingerprint density at radius 2 is 2.04 bits per heavy atom. The Morgan fingerprint density at radius 3 is 2.85 bits per heavy atom. The molecule has 4 rings (SSSR count). The maximum Gasteiger partial charge on any atom is 0.247 e. The zero-order valence-corrected chi connectivity index (χ0v) is 15.2. The Bertz CT molecular complexity index is 872. The van der Waals surface area contributed by atoms with Crippen LogP contribution in [-0.2, 0) is 11.3 Å². The van der Waals surface area contributed by atoms with Gasteiger partial charge in [-0.05, 0) is 30.7 Å². The van der Waals surface area contributed by atoms with Crippen molar-refractivity contribution in [3.05, 3.63) is 41.5 Å². The van der Waals surface area contributed by atoms with E-state index < -0.39 is 0 Å². The summed E-state index contributed by atoms with van der Waals surface area (Å²) >= 11 is 0. The first-order chi connectivity index (χ1) is 12.5. The molecule has 0 saturated heterocycles. The van der Waals surface area contributed by atoms with Gasteiger partial charge in [0.2, 0.25) is 12.7 Å². The van der Waals surface area contributed by atoms with Crippen molar-refractivity contribution in [2.24, 2.45) is 0 Å². The van der Waals surface area contributed by atoms with Crippen molar-refractivity contribution in [3.8, 4) is 11.5 Å². The van der Waals surface area contributed by atoms with Gasteiger partial charge in [0.25, 0.3) is 0 Å². The van der Waals surface area contributed by atoms with Crippen molar-refractivity contribution in [3.63, 3.8) is 0 Å². The predicted octanol–water partition coefficient (Wildman–Crippen LogP) is 2.75. The largest absolute Gasteiger partial charge is 0.454 e. The summed E-state index contributed by atoms with van der Waals surface area (Å²) in [7, 11) is 0. The van der Waals surface area contributed by atoms with Gasteiger partial charge in [-0.1, -0.05) is 19.9 Å². The molecular formula is C19H22N4O3. The highest BCUT2D eigenvalue weighted by Crippen LogP contribution is 2.33. The van der Waals surface area contributed by atoms with Crippen LogP contribution in [0.2, 0.25) is 0 Å². The molecule has 0 saturated carbocycles. The monoisotopic (exact) mass is 354 g/mol. The highest BCUT2D eigenvalue weighted by atomic mass is 16.7. The van der Waals surface area contributed by atoms with Crippen LogP contribution in [0.15, 0.2) is 24.3 Å². The summed E-state index contributed by atoms with van der Waals surface area (Å²) in [5.41, 5.74) is 0.900. The van der Waals surface area contributed by atoms with Gasteiger partial charge in [-0.3, -0.25) is 4.79 Å². The molecule has 136 valence electrons. The second-order valence-electron chi connectivity index (χ2n) is 6.88. The summed E-state index contributed by atoms with van der Waals surface area (Å²) < 4.78 is 12.8. The molecular weight excluding hydrogens is 332 g/mol. The Morgan fingerprint density at radius 1 is 1.23 bits per heavy atom. The minimum atomic E-state index is -0.0994. The first-order valence-corrected chi connectivity index (χ1v) is 8.86. The molecule has 7 heteroatoms. The summed E-state index contributed by atoms with van der Waals surface area (Å²) in [4.78, 5) is 14.5. The van der Waals surface area contributed by atoms with Crippen LogP contribution in [0.25, 0.3) is 6.08 Å². The number of fused-ring (bicyclic) bond motifs is 2. The first-order valence-electron chi connectivity index (χ1n) is 8.86. The van der Waals surface area contributed by atoms with Gasteiger partial charge in [0.1, 0.15) is 5.82 Å². The smallest absolute Gasteiger partial charge is 0.247 e. The second kappa shape index (κ2) is 6.48. The molecule has 0 spiro atoms. The molecule has 0 fully saturated rings. The van der Waals surface area contributed by atoms with E-state index in [1.165, 1.54) is 0 Å². The highest BCUT2D eigenvalue weighted by molar-refractivity contribution is 5.92. The molecule has 1 aromatic carbocycles. The molecule has 1 amide bonds. The normalized spacial score (nSPS) is 18.6. The van der Waals surface area contributed by atoms with Gasteiger partial charge in [0, 0.05) is 25.1 Å². The van der Waals surface area contributed by atoms with E-state index in [1.807, 2.05) is 30.0 Å². The molecule has 0 radical (unpaired) electrons. The topological polar surface area (TPSA) is 69.5 Å². The van der Waals surface area contributed by atoms with E-state index in [9.17, 15) is 4.79 Å². The number of benzene rings is 1. The van der Waals surface area contributed by atoms with Crippen LogP contribution in [-0.4, -0.2) is 38.9 Å². The van der Waals surface area contributed by atoms with Crippen LogP contribution < -0.4 is 9.47 Å². The standard InChI is InChI=1S/C19H22N4O3/c1-12(2)18-20-21-19-13(3)22(8-9-23(18)19)17(24)7-5-14-4-6-15-16(10-14)26-11-25-15/h4-7,10,12-13H,8-9,11H2,1-3H3/b7-5+. The maximum atomic E-state index is 12.7. The minimum absolute atomic E-state index is 0.0319. The van der Waals surface area contributed by atoms with Gasteiger partial charge in [-0.2, -0.15) is 0 Å². The molecule has 2 aliphatic rings. The number of hydrogen-bond acceptors (Lipinski definition) is 5. The maximum absolute atomic E-state index is 12.7. The molecule has 7 nitrogen and oxygen atoms in total. The van der Waals surface area contributed by atoms with E-state index in [-0.39, 0.29) is 18.7 Å². The van der Waals surface area contributed by atoms with E-state index in [0.717, 1.165) is 29.5 Å². The summed E-state index contributed by atoms with van der Waals surface area (Å²) in [6, 6.07) is 5.53. The molecule has 0 N–H and O–H groups in total. The fourth-order valence-electron chi connectivity index (χ4n) is 3.41. The van der Waals surface area contributed by atoms with Gasteiger partial charge in [-0.25, -0.2) is 0 Å².